The third kappa shape index (κ3) is 3.05. The average Bonchev–Trinajstić information content (AvgIpc) is 2.96. The lowest BCUT2D eigenvalue weighted by atomic mass is 10.2. The van der Waals surface area contributed by atoms with Gasteiger partial charge >= 0.3 is 5.97 Å². The highest BCUT2D eigenvalue weighted by Gasteiger charge is 2.19. The van der Waals surface area contributed by atoms with Crippen LogP contribution in [0.2, 0.25) is 0 Å². The van der Waals surface area contributed by atoms with E-state index in [9.17, 15) is 9.59 Å². The summed E-state index contributed by atoms with van der Waals surface area (Å²) in [6.45, 7) is 1.86. The van der Waals surface area contributed by atoms with Gasteiger partial charge in [-0.25, -0.2) is 4.79 Å². The molecule has 1 heterocycles. The first-order valence-corrected chi connectivity index (χ1v) is 6.93. The first kappa shape index (κ1) is 14.3. The number of carbonyl (C=O) groups is 2. The van der Waals surface area contributed by atoms with Crippen LogP contribution in [0, 0.1) is 0 Å². The zero-order valence-electron chi connectivity index (χ0n) is 11.2. The van der Waals surface area contributed by atoms with E-state index >= 15 is 0 Å². The summed E-state index contributed by atoms with van der Waals surface area (Å²) in [4.78, 5) is 24.5. The zero-order valence-corrected chi connectivity index (χ0v) is 12.0. The monoisotopic (exact) mass is 290 g/mol. The van der Waals surface area contributed by atoms with Crippen molar-refractivity contribution in [3.05, 3.63) is 41.3 Å². The highest BCUT2D eigenvalue weighted by molar-refractivity contribution is 7.18. The van der Waals surface area contributed by atoms with E-state index in [1.807, 2.05) is 30.3 Å². The minimum Gasteiger partial charge on any atom is -0.497 e. The molecule has 0 aliphatic heterocycles. The summed E-state index contributed by atoms with van der Waals surface area (Å²) in [7, 11) is 1.61. The minimum absolute atomic E-state index is 0.196. The van der Waals surface area contributed by atoms with Gasteiger partial charge in [0.1, 0.15) is 5.75 Å². The van der Waals surface area contributed by atoms with Crippen molar-refractivity contribution in [1.82, 2.24) is 0 Å². The van der Waals surface area contributed by atoms with Crippen molar-refractivity contribution >= 4 is 23.1 Å². The fraction of sp³-hybridized carbons (Fsp3) is 0.200. The standard InChI is InChI=1S/C15H14O4S/c1-3-19-15(17)14(16)13-9-8-12(20-13)10-4-6-11(18-2)7-5-10/h4-9H,3H2,1-2H3. The van der Waals surface area contributed by atoms with E-state index in [-0.39, 0.29) is 6.61 Å². The Labute approximate surface area is 121 Å². The molecular weight excluding hydrogens is 276 g/mol. The molecule has 0 unspecified atom stereocenters. The number of methoxy groups -OCH3 is 1. The van der Waals surface area contributed by atoms with Crippen LogP contribution in [-0.2, 0) is 9.53 Å². The smallest absolute Gasteiger partial charge is 0.380 e. The third-order valence-corrected chi connectivity index (χ3v) is 3.80. The second-order valence-corrected chi connectivity index (χ2v) is 5.03. The number of Topliss-reactive ketones (excluding diaryl/α,β-unsaturated/α-hetero) is 1. The Morgan fingerprint density at radius 2 is 1.80 bits per heavy atom. The van der Waals surface area contributed by atoms with Crippen molar-refractivity contribution in [3.63, 3.8) is 0 Å². The molecule has 0 fully saturated rings. The lowest BCUT2D eigenvalue weighted by Crippen LogP contribution is -2.16. The van der Waals surface area contributed by atoms with Gasteiger partial charge in [-0.2, -0.15) is 0 Å². The second-order valence-electron chi connectivity index (χ2n) is 3.94. The number of ether oxygens (including phenoxy) is 2. The van der Waals surface area contributed by atoms with Crippen LogP contribution in [-0.4, -0.2) is 25.5 Å². The van der Waals surface area contributed by atoms with Crippen LogP contribution in [0.5, 0.6) is 5.75 Å². The Balaban J connectivity index is 2.19. The number of hydrogen-bond donors (Lipinski definition) is 0. The van der Waals surface area contributed by atoms with Crippen LogP contribution in [0.3, 0.4) is 0 Å². The van der Waals surface area contributed by atoms with E-state index in [4.69, 9.17) is 9.47 Å². The van der Waals surface area contributed by atoms with Crippen LogP contribution in [0.15, 0.2) is 36.4 Å². The van der Waals surface area contributed by atoms with Crippen LogP contribution in [0.25, 0.3) is 10.4 Å². The molecule has 0 atom stereocenters. The zero-order chi connectivity index (χ0) is 14.5. The van der Waals surface area contributed by atoms with Gasteiger partial charge in [0.25, 0.3) is 5.78 Å². The highest BCUT2D eigenvalue weighted by atomic mass is 32.1. The maximum atomic E-state index is 11.8. The molecule has 2 aromatic rings. The number of esters is 1. The van der Waals surface area contributed by atoms with Gasteiger partial charge in [0, 0.05) is 4.88 Å². The topological polar surface area (TPSA) is 52.6 Å². The molecule has 0 aliphatic rings. The molecule has 104 valence electrons. The SMILES string of the molecule is CCOC(=O)C(=O)c1ccc(-c2ccc(OC)cc2)s1. The molecule has 0 saturated heterocycles. The van der Waals surface area contributed by atoms with Crippen LogP contribution in [0.1, 0.15) is 16.6 Å². The van der Waals surface area contributed by atoms with Crippen LogP contribution in [0.4, 0.5) is 0 Å². The number of thiophene rings is 1. The van der Waals surface area contributed by atoms with Gasteiger partial charge in [-0.05, 0) is 48.9 Å². The quantitative estimate of drug-likeness (QED) is 0.482. The van der Waals surface area contributed by atoms with E-state index in [0.717, 1.165) is 16.2 Å². The summed E-state index contributed by atoms with van der Waals surface area (Å²) >= 11 is 1.27. The molecule has 0 spiro atoms. The Morgan fingerprint density at radius 3 is 2.40 bits per heavy atom. The lowest BCUT2D eigenvalue weighted by molar-refractivity contribution is -0.137. The fourth-order valence-corrected chi connectivity index (χ4v) is 2.61. The van der Waals surface area contributed by atoms with Gasteiger partial charge in [-0.1, -0.05) is 0 Å². The molecule has 5 heteroatoms. The highest BCUT2D eigenvalue weighted by Crippen LogP contribution is 2.29. The van der Waals surface area contributed by atoms with Gasteiger partial charge in [-0.3, -0.25) is 4.79 Å². The van der Waals surface area contributed by atoms with Crippen molar-refractivity contribution < 1.29 is 19.1 Å². The summed E-state index contributed by atoms with van der Waals surface area (Å²) in [5.41, 5.74) is 0.971. The van der Waals surface area contributed by atoms with Crippen LogP contribution >= 0.6 is 11.3 Å². The number of benzene rings is 1. The summed E-state index contributed by atoms with van der Waals surface area (Å²) in [6, 6.07) is 11.0. The molecule has 0 aliphatic carbocycles. The Hall–Kier alpha value is -2.14. The molecule has 0 amide bonds. The second kappa shape index (κ2) is 6.34. The first-order valence-electron chi connectivity index (χ1n) is 6.11. The third-order valence-electron chi connectivity index (χ3n) is 2.67. The summed E-state index contributed by atoms with van der Waals surface area (Å²) in [6.07, 6.45) is 0. The maximum absolute atomic E-state index is 11.8. The van der Waals surface area contributed by atoms with Gasteiger partial charge < -0.3 is 9.47 Å². The molecule has 1 aromatic heterocycles. The first-order chi connectivity index (χ1) is 9.65. The summed E-state index contributed by atoms with van der Waals surface area (Å²) in [5, 5.41) is 0. The average molecular weight is 290 g/mol. The Morgan fingerprint density at radius 1 is 1.10 bits per heavy atom. The summed E-state index contributed by atoms with van der Waals surface area (Å²) in [5.74, 6) is -0.639. The predicted molar refractivity (Wildman–Crippen MR) is 77.3 cm³/mol. The molecule has 0 bridgehead atoms. The van der Waals surface area contributed by atoms with Crippen molar-refractivity contribution in [2.75, 3.05) is 13.7 Å². The van der Waals surface area contributed by atoms with Gasteiger partial charge in [0.05, 0.1) is 18.6 Å². The van der Waals surface area contributed by atoms with Crippen molar-refractivity contribution in [1.29, 1.82) is 0 Å². The van der Waals surface area contributed by atoms with E-state index in [1.165, 1.54) is 11.3 Å². The molecule has 0 N–H and O–H groups in total. The summed E-state index contributed by atoms with van der Waals surface area (Å²) < 4.78 is 9.80. The molecule has 4 nitrogen and oxygen atoms in total. The maximum Gasteiger partial charge on any atom is 0.380 e. The molecule has 1 aromatic carbocycles. The van der Waals surface area contributed by atoms with Crippen molar-refractivity contribution in [3.8, 4) is 16.2 Å². The largest absolute Gasteiger partial charge is 0.497 e. The minimum atomic E-state index is -0.810. The van der Waals surface area contributed by atoms with Crippen LogP contribution < -0.4 is 4.74 Å². The number of carbonyl (C=O) groups excluding carboxylic acids is 2. The predicted octanol–water partition coefficient (Wildman–Crippen LogP) is 3.17. The number of ketones is 1. The Bertz CT molecular complexity index is 613. The molecular formula is C15H14O4S. The van der Waals surface area contributed by atoms with Gasteiger partial charge in [0.2, 0.25) is 0 Å². The number of hydrogen-bond acceptors (Lipinski definition) is 5. The molecule has 0 saturated carbocycles. The molecule has 0 radical (unpaired) electrons. The Kier molecular flexibility index (Phi) is 4.53. The number of rotatable bonds is 5. The van der Waals surface area contributed by atoms with E-state index in [2.05, 4.69) is 0 Å². The molecule has 2 rings (SSSR count). The van der Waals surface area contributed by atoms with E-state index < -0.39 is 11.8 Å². The van der Waals surface area contributed by atoms with Gasteiger partial charge in [0.15, 0.2) is 0 Å². The van der Waals surface area contributed by atoms with Crippen molar-refractivity contribution in [2.45, 2.75) is 6.92 Å². The fourth-order valence-electron chi connectivity index (χ4n) is 1.67. The lowest BCUT2D eigenvalue weighted by Gasteiger charge is -2.01. The normalized spacial score (nSPS) is 10.1. The van der Waals surface area contributed by atoms with Crippen molar-refractivity contribution in [2.24, 2.45) is 0 Å². The van der Waals surface area contributed by atoms with E-state index in [0.29, 0.717) is 4.88 Å². The van der Waals surface area contributed by atoms with E-state index in [1.54, 1.807) is 20.1 Å². The van der Waals surface area contributed by atoms with Gasteiger partial charge in [-0.15, -0.1) is 11.3 Å². The molecule has 20 heavy (non-hydrogen) atoms.